The van der Waals surface area contributed by atoms with Crippen LogP contribution in [0.4, 0.5) is 5.69 Å². The molecule has 0 saturated heterocycles. The molecule has 2 N–H and O–H groups in total. The summed E-state index contributed by atoms with van der Waals surface area (Å²) in [5.41, 5.74) is 9.10. The van der Waals surface area contributed by atoms with E-state index in [4.69, 9.17) is 10.5 Å². The highest BCUT2D eigenvalue weighted by atomic mass is 16.6. The fourth-order valence-corrected chi connectivity index (χ4v) is 3.54. The third-order valence-electron chi connectivity index (χ3n) is 4.95. The first-order chi connectivity index (χ1) is 14.8. The van der Waals surface area contributed by atoms with Crippen LogP contribution in [0.3, 0.4) is 0 Å². The lowest BCUT2D eigenvalue weighted by molar-refractivity contribution is -0.384. The Morgan fingerprint density at radius 3 is 2.52 bits per heavy atom. The number of ether oxygens (including phenoxy) is 1. The first-order valence-electron chi connectivity index (χ1n) is 9.84. The monoisotopic (exact) mass is 421 g/mol. The Kier molecular flexibility index (Phi) is 6.49. The summed E-state index contributed by atoms with van der Waals surface area (Å²) in [6.45, 7) is 3.88. The molecule has 1 heterocycles. The van der Waals surface area contributed by atoms with Crippen molar-refractivity contribution in [3.8, 4) is 16.9 Å². The van der Waals surface area contributed by atoms with Gasteiger partial charge in [-0.25, -0.2) is 0 Å². The van der Waals surface area contributed by atoms with Crippen molar-refractivity contribution in [2.45, 2.75) is 26.7 Å². The van der Waals surface area contributed by atoms with Gasteiger partial charge in [0.1, 0.15) is 0 Å². The lowest BCUT2D eigenvalue weighted by Gasteiger charge is -2.17. The number of carbonyl (C=O) groups is 2. The maximum absolute atomic E-state index is 11.9. The van der Waals surface area contributed by atoms with Crippen LogP contribution in [0.25, 0.3) is 16.9 Å². The molecule has 0 saturated carbocycles. The minimum Gasteiger partial charge on any atom is -0.466 e. The van der Waals surface area contributed by atoms with Gasteiger partial charge in [0.05, 0.1) is 29.2 Å². The maximum atomic E-state index is 11.9. The summed E-state index contributed by atoms with van der Waals surface area (Å²) in [7, 11) is 0. The number of aryl methyl sites for hydroxylation is 2. The predicted molar refractivity (Wildman–Crippen MR) is 116 cm³/mol. The Morgan fingerprint density at radius 1 is 1.13 bits per heavy atom. The molecule has 0 atom stereocenters. The summed E-state index contributed by atoms with van der Waals surface area (Å²) >= 11 is 0. The van der Waals surface area contributed by atoms with Gasteiger partial charge in [-0.2, -0.15) is 0 Å². The van der Waals surface area contributed by atoms with Gasteiger partial charge < -0.3 is 15.0 Å². The lowest BCUT2D eigenvalue weighted by Crippen LogP contribution is -2.13. The first kappa shape index (κ1) is 21.8. The molecule has 2 aromatic carbocycles. The number of aromatic nitrogens is 1. The van der Waals surface area contributed by atoms with Crippen LogP contribution in [0, 0.1) is 17.0 Å². The van der Waals surface area contributed by atoms with Gasteiger partial charge in [-0.15, -0.1) is 0 Å². The quantitative estimate of drug-likeness (QED) is 0.336. The zero-order valence-corrected chi connectivity index (χ0v) is 17.3. The highest BCUT2D eigenvalue weighted by molar-refractivity contribution is 5.93. The summed E-state index contributed by atoms with van der Waals surface area (Å²) in [6.07, 6.45) is 0.559. The van der Waals surface area contributed by atoms with E-state index >= 15 is 0 Å². The number of rotatable bonds is 8. The highest BCUT2D eigenvalue weighted by Crippen LogP contribution is 2.34. The van der Waals surface area contributed by atoms with Crippen LogP contribution >= 0.6 is 0 Å². The molecule has 0 aliphatic rings. The Bertz CT molecular complexity index is 1150. The van der Waals surface area contributed by atoms with Crippen molar-refractivity contribution in [3.05, 3.63) is 81.5 Å². The molecule has 0 spiro atoms. The van der Waals surface area contributed by atoms with E-state index in [2.05, 4.69) is 0 Å². The molecule has 1 amide bonds. The molecule has 31 heavy (non-hydrogen) atoms. The number of nitro benzene ring substituents is 1. The van der Waals surface area contributed by atoms with E-state index in [9.17, 15) is 19.7 Å². The van der Waals surface area contributed by atoms with Gasteiger partial charge in [0, 0.05) is 23.0 Å². The summed E-state index contributed by atoms with van der Waals surface area (Å²) in [5, 5.41) is 11.6. The van der Waals surface area contributed by atoms with Crippen LogP contribution in [0.2, 0.25) is 0 Å². The van der Waals surface area contributed by atoms with E-state index in [-0.39, 0.29) is 18.1 Å². The second kappa shape index (κ2) is 9.25. The number of esters is 1. The molecule has 3 aromatic rings. The van der Waals surface area contributed by atoms with Crippen molar-refractivity contribution >= 4 is 17.6 Å². The maximum Gasteiger partial charge on any atom is 0.306 e. The van der Waals surface area contributed by atoms with E-state index < -0.39 is 10.8 Å². The molecule has 0 radical (unpaired) electrons. The van der Waals surface area contributed by atoms with Gasteiger partial charge in [-0.3, -0.25) is 19.7 Å². The largest absolute Gasteiger partial charge is 0.466 e. The fourth-order valence-electron chi connectivity index (χ4n) is 3.54. The number of benzene rings is 2. The number of nitrogens with two attached hydrogens (primary N) is 1. The van der Waals surface area contributed by atoms with Crippen LogP contribution < -0.4 is 5.73 Å². The van der Waals surface area contributed by atoms with Crippen LogP contribution in [0.5, 0.6) is 0 Å². The zero-order valence-electron chi connectivity index (χ0n) is 17.3. The molecular weight excluding hydrogens is 398 g/mol. The number of primary amides is 1. The van der Waals surface area contributed by atoms with Gasteiger partial charge in [0.15, 0.2) is 0 Å². The molecule has 0 bridgehead atoms. The van der Waals surface area contributed by atoms with Crippen molar-refractivity contribution in [1.82, 2.24) is 4.57 Å². The zero-order chi connectivity index (χ0) is 22.5. The molecule has 8 nitrogen and oxygen atoms in total. The van der Waals surface area contributed by atoms with E-state index in [0.29, 0.717) is 29.8 Å². The number of para-hydroxylation sites is 1. The number of nitro groups is 1. The molecule has 160 valence electrons. The number of hydrogen-bond donors (Lipinski definition) is 1. The van der Waals surface area contributed by atoms with Gasteiger partial charge in [0.2, 0.25) is 5.91 Å². The van der Waals surface area contributed by atoms with Crippen LogP contribution in [0.1, 0.15) is 35.0 Å². The van der Waals surface area contributed by atoms with Crippen LogP contribution in [-0.4, -0.2) is 28.0 Å². The van der Waals surface area contributed by atoms with Crippen molar-refractivity contribution in [2.24, 2.45) is 5.73 Å². The summed E-state index contributed by atoms with van der Waals surface area (Å²) in [6, 6.07) is 15.2. The average Bonchev–Trinajstić information content (AvgIpc) is 3.15. The Hall–Kier alpha value is -3.94. The van der Waals surface area contributed by atoms with E-state index in [1.807, 2.05) is 17.6 Å². The molecule has 3 rings (SSSR count). The van der Waals surface area contributed by atoms with Gasteiger partial charge in [-0.1, -0.05) is 12.1 Å². The summed E-state index contributed by atoms with van der Waals surface area (Å²) in [4.78, 5) is 34.6. The van der Waals surface area contributed by atoms with Crippen molar-refractivity contribution in [3.63, 3.8) is 0 Å². The molecule has 0 aliphatic heterocycles. The molecule has 8 heteroatoms. The van der Waals surface area contributed by atoms with E-state index in [1.165, 1.54) is 6.07 Å². The minimum atomic E-state index is -0.538. The standard InChI is InChI=1S/C23H23N3O5/c1-3-31-22(27)13-10-17-9-12-20(18-6-4-5-7-21(18)26(29)30)25(17)19-11-8-16(23(24)28)14-15(19)2/h4-9,11-12,14H,3,10,13H2,1-2H3,(H2,24,28). The number of amides is 1. The molecule has 0 aliphatic carbocycles. The summed E-state index contributed by atoms with van der Waals surface area (Å²) < 4.78 is 6.90. The first-order valence-corrected chi connectivity index (χ1v) is 9.84. The fraction of sp³-hybridized carbons (Fsp3) is 0.217. The third kappa shape index (κ3) is 4.63. The average molecular weight is 421 g/mol. The summed E-state index contributed by atoms with van der Waals surface area (Å²) in [5.74, 6) is -0.855. The van der Waals surface area contributed by atoms with E-state index in [1.54, 1.807) is 49.4 Å². The van der Waals surface area contributed by atoms with Gasteiger partial charge in [-0.05, 0) is 62.2 Å². The Balaban J connectivity index is 2.17. The normalized spacial score (nSPS) is 10.6. The molecule has 1 aromatic heterocycles. The minimum absolute atomic E-state index is 0.0230. The third-order valence-corrected chi connectivity index (χ3v) is 4.95. The van der Waals surface area contributed by atoms with Crippen LogP contribution in [0.15, 0.2) is 54.6 Å². The number of nitrogens with zero attached hydrogens (tertiary/aromatic N) is 2. The smallest absolute Gasteiger partial charge is 0.306 e. The second-order valence-corrected chi connectivity index (χ2v) is 6.99. The van der Waals surface area contributed by atoms with Crippen molar-refractivity contribution in [1.29, 1.82) is 0 Å². The van der Waals surface area contributed by atoms with Crippen LogP contribution in [-0.2, 0) is 16.0 Å². The topological polar surface area (TPSA) is 117 Å². The SMILES string of the molecule is CCOC(=O)CCc1ccc(-c2ccccc2[N+](=O)[O-])n1-c1ccc(C(N)=O)cc1C. The predicted octanol–water partition coefficient (Wildman–Crippen LogP) is 3.96. The molecule has 0 unspecified atom stereocenters. The van der Waals surface area contributed by atoms with Crippen molar-refractivity contribution in [2.75, 3.05) is 6.61 Å². The van der Waals surface area contributed by atoms with Gasteiger partial charge in [0.25, 0.3) is 5.69 Å². The Labute approximate surface area is 179 Å². The lowest BCUT2D eigenvalue weighted by atomic mass is 10.1. The number of carbonyl (C=O) groups excluding carboxylic acids is 2. The number of hydrogen-bond acceptors (Lipinski definition) is 5. The van der Waals surface area contributed by atoms with Gasteiger partial charge >= 0.3 is 5.97 Å². The van der Waals surface area contributed by atoms with E-state index in [0.717, 1.165) is 16.9 Å². The second-order valence-electron chi connectivity index (χ2n) is 6.99. The molecule has 0 fully saturated rings. The highest BCUT2D eigenvalue weighted by Gasteiger charge is 2.21. The Morgan fingerprint density at radius 2 is 1.87 bits per heavy atom. The van der Waals surface area contributed by atoms with Crippen molar-refractivity contribution < 1.29 is 19.2 Å². The molecular formula is C23H23N3O5.